The number of sulfone groups is 1. The van der Waals surface area contributed by atoms with E-state index in [1.807, 2.05) is 13.8 Å². The van der Waals surface area contributed by atoms with Gasteiger partial charge in [-0.25, -0.2) is 8.42 Å². The number of rotatable bonds is 8. The van der Waals surface area contributed by atoms with E-state index in [9.17, 15) is 13.2 Å². The van der Waals surface area contributed by atoms with Crippen LogP contribution < -0.4 is 11.1 Å². The molecule has 1 atom stereocenters. The van der Waals surface area contributed by atoms with Crippen LogP contribution in [0.2, 0.25) is 0 Å². The van der Waals surface area contributed by atoms with Gasteiger partial charge in [-0.3, -0.25) is 4.79 Å². The summed E-state index contributed by atoms with van der Waals surface area (Å²) < 4.78 is 27.0. The van der Waals surface area contributed by atoms with Crippen LogP contribution in [0.15, 0.2) is 0 Å². The molecular weight excluding hydrogens is 244 g/mol. The number of hydrogen-bond acceptors (Lipinski definition) is 5. The first-order chi connectivity index (χ1) is 7.72. The van der Waals surface area contributed by atoms with Gasteiger partial charge >= 0.3 is 0 Å². The van der Waals surface area contributed by atoms with Crippen LogP contribution in [-0.2, 0) is 19.4 Å². The fraction of sp³-hybridized carbons (Fsp3) is 0.900. The van der Waals surface area contributed by atoms with E-state index in [1.54, 1.807) is 0 Å². The zero-order valence-electron chi connectivity index (χ0n) is 10.6. The minimum atomic E-state index is -3.07. The number of ether oxygens (including phenoxy) is 1. The van der Waals surface area contributed by atoms with Gasteiger partial charge in [0.15, 0.2) is 0 Å². The first-order valence-electron chi connectivity index (χ1n) is 5.55. The molecule has 0 saturated heterocycles. The number of carbonyl (C=O) groups excluding carboxylic acids is 1. The second-order valence-electron chi connectivity index (χ2n) is 4.24. The quantitative estimate of drug-likeness (QED) is 0.565. The van der Waals surface area contributed by atoms with Gasteiger partial charge in [0.25, 0.3) is 0 Å². The molecule has 1 unspecified atom stereocenters. The van der Waals surface area contributed by atoms with Gasteiger partial charge in [0.2, 0.25) is 5.91 Å². The smallest absolute Gasteiger partial charge is 0.237 e. The zero-order chi connectivity index (χ0) is 13.5. The highest BCUT2D eigenvalue weighted by Gasteiger charge is 2.15. The van der Waals surface area contributed by atoms with E-state index in [0.29, 0.717) is 13.2 Å². The average Bonchev–Trinajstić information content (AvgIpc) is 2.19. The topological polar surface area (TPSA) is 98.5 Å². The maximum Gasteiger partial charge on any atom is 0.237 e. The minimum Gasteiger partial charge on any atom is -0.377 e. The molecule has 0 spiro atoms. The predicted octanol–water partition coefficient (Wildman–Crippen LogP) is -0.710. The lowest BCUT2D eigenvalue weighted by atomic mass is 10.2. The maximum atomic E-state index is 11.4. The summed E-state index contributed by atoms with van der Waals surface area (Å²) in [5.41, 5.74) is 5.55. The molecule has 0 heterocycles. The summed E-state index contributed by atoms with van der Waals surface area (Å²) in [6, 6.07) is -0.788. The van der Waals surface area contributed by atoms with Crippen LogP contribution in [0.5, 0.6) is 0 Å². The molecule has 17 heavy (non-hydrogen) atoms. The van der Waals surface area contributed by atoms with Gasteiger partial charge in [-0.05, 0) is 20.3 Å². The third-order valence-electron chi connectivity index (χ3n) is 1.99. The highest BCUT2D eigenvalue weighted by atomic mass is 32.2. The second kappa shape index (κ2) is 7.62. The van der Waals surface area contributed by atoms with Crippen molar-refractivity contribution in [3.63, 3.8) is 0 Å². The summed E-state index contributed by atoms with van der Waals surface area (Å²) in [5, 5.41) is 2.59. The number of hydrogen-bond donors (Lipinski definition) is 2. The van der Waals surface area contributed by atoms with E-state index in [2.05, 4.69) is 5.32 Å². The summed E-state index contributed by atoms with van der Waals surface area (Å²) in [6.45, 7) is 4.60. The van der Waals surface area contributed by atoms with E-state index in [-0.39, 0.29) is 24.2 Å². The number of nitrogens with two attached hydrogens (primary N) is 1. The summed E-state index contributed by atoms with van der Waals surface area (Å²) >= 11 is 0. The Kier molecular flexibility index (Phi) is 7.33. The Morgan fingerprint density at radius 1 is 1.41 bits per heavy atom. The summed E-state index contributed by atoms with van der Waals surface area (Å²) in [7, 11) is -3.07. The number of nitrogens with one attached hydrogen (secondary N) is 1. The highest BCUT2D eigenvalue weighted by molar-refractivity contribution is 7.90. The Morgan fingerprint density at radius 3 is 2.47 bits per heavy atom. The van der Waals surface area contributed by atoms with Crippen LogP contribution in [0.4, 0.5) is 0 Å². The van der Waals surface area contributed by atoms with Gasteiger partial charge in [0.1, 0.15) is 9.84 Å². The van der Waals surface area contributed by atoms with Gasteiger partial charge in [0.05, 0.1) is 24.5 Å². The maximum absolute atomic E-state index is 11.4. The monoisotopic (exact) mass is 266 g/mol. The fourth-order valence-electron chi connectivity index (χ4n) is 1.07. The van der Waals surface area contributed by atoms with Gasteiger partial charge < -0.3 is 15.8 Å². The highest BCUT2D eigenvalue weighted by Crippen LogP contribution is 1.94. The second-order valence-corrected chi connectivity index (χ2v) is 6.50. The third-order valence-corrected chi connectivity index (χ3v) is 2.97. The van der Waals surface area contributed by atoms with Crippen LogP contribution in [0, 0.1) is 0 Å². The number of amides is 1. The molecule has 0 bridgehead atoms. The molecule has 1 amide bonds. The Morgan fingerprint density at radius 2 is 2.00 bits per heavy atom. The van der Waals surface area contributed by atoms with Crippen molar-refractivity contribution >= 4 is 15.7 Å². The molecular formula is C10H22N2O4S. The Hall–Kier alpha value is -0.660. The predicted molar refractivity (Wildman–Crippen MR) is 66.4 cm³/mol. The molecule has 0 aliphatic heterocycles. The van der Waals surface area contributed by atoms with Crippen molar-refractivity contribution in [1.29, 1.82) is 0 Å². The lowest BCUT2D eigenvalue weighted by Crippen LogP contribution is -2.42. The lowest BCUT2D eigenvalue weighted by molar-refractivity contribution is -0.122. The first-order valence-corrected chi connectivity index (χ1v) is 7.61. The number of carbonyl (C=O) groups is 1. The van der Waals surface area contributed by atoms with Crippen molar-refractivity contribution in [3.05, 3.63) is 0 Å². The standard InChI is InChI=1S/C10H22N2O4S/c1-8(2)16-6-5-12-10(13)9(11)4-7-17(3,14)15/h8-9H,4-7,11H2,1-3H3,(H,12,13). The van der Waals surface area contributed by atoms with Crippen molar-refractivity contribution in [3.8, 4) is 0 Å². The van der Waals surface area contributed by atoms with Gasteiger partial charge in [-0.1, -0.05) is 0 Å². The Balaban J connectivity index is 3.75. The van der Waals surface area contributed by atoms with Crippen molar-refractivity contribution < 1.29 is 17.9 Å². The van der Waals surface area contributed by atoms with Crippen molar-refractivity contribution in [2.45, 2.75) is 32.4 Å². The molecule has 0 saturated carbocycles. The fourth-order valence-corrected chi connectivity index (χ4v) is 1.75. The molecule has 7 heteroatoms. The van der Waals surface area contributed by atoms with E-state index in [1.165, 1.54) is 0 Å². The molecule has 6 nitrogen and oxygen atoms in total. The molecule has 0 aliphatic rings. The third kappa shape index (κ3) is 10.2. The van der Waals surface area contributed by atoms with E-state index >= 15 is 0 Å². The summed E-state index contributed by atoms with van der Waals surface area (Å²) in [5.74, 6) is -0.426. The molecule has 0 rings (SSSR count). The van der Waals surface area contributed by atoms with Crippen LogP contribution in [0.1, 0.15) is 20.3 Å². The first kappa shape index (κ1) is 16.3. The van der Waals surface area contributed by atoms with Gasteiger partial charge in [0, 0.05) is 12.8 Å². The molecule has 0 aromatic heterocycles. The normalized spacial score (nSPS) is 13.7. The van der Waals surface area contributed by atoms with Crippen LogP contribution in [-0.4, -0.2) is 51.6 Å². The van der Waals surface area contributed by atoms with Crippen molar-refractivity contribution in [1.82, 2.24) is 5.32 Å². The van der Waals surface area contributed by atoms with Gasteiger partial charge in [-0.15, -0.1) is 0 Å². The minimum absolute atomic E-state index is 0.0793. The summed E-state index contributed by atoms with van der Waals surface area (Å²) in [4.78, 5) is 11.4. The van der Waals surface area contributed by atoms with Crippen LogP contribution in [0.25, 0.3) is 0 Å². The average molecular weight is 266 g/mol. The zero-order valence-corrected chi connectivity index (χ0v) is 11.4. The van der Waals surface area contributed by atoms with Gasteiger partial charge in [-0.2, -0.15) is 0 Å². The van der Waals surface area contributed by atoms with E-state index < -0.39 is 15.9 Å². The molecule has 0 aromatic rings. The molecule has 0 fully saturated rings. The van der Waals surface area contributed by atoms with Crippen molar-refractivity contribution in [2.24, 2.45) is 5.73 Å². The SMILES string of the molecule is CC(C)OCCNC(=O)C(N)CCS(C)(=O)=O. The summed E-state index contributed by atoms with van der Waals surface area (Å²) in [6.07, 6.45) is 1.37. The lowest BCUT2D eigenvalue weighted by Gasteiger charge is -2.12. The largest absolute Gasteiger partial charge is 0.377 e. The van der Waals surface area contributed by atoms with Crippen molar-refractivity contribution in [2.75, 3.05) is 25.2 Å². The Labute approximate surface area is 103 Å². The molecule has 102 valence electrons. The Bertz CT molecular complexity index is 327. The molecule has 3 N–H and O–H groups in total. The molecule has 0 radical (unpaired) electrons. The molecule has 0 aromatic carbocycles. The van der Waals surface area contributed by atoms with E-state index in [4.69, 9.17) is 10.5 Å². The van der Waals surface area contributed by atoms with E-state index in [0.717, 1.165) is 6.26 Å². The molecule has 0 aliphatic carbocycles. The van der Waals surface area contributed by atoms with Crippen LogP contribution in [0.3, 0.4) is 0 Å². The van der Waals surface area contributed by atoms with Crippen LogP contribution >= 0.6 is 0 Å².